The topological polar surface area (TPSA) is 47.3 Å². The van der Waals surface area contributed by atoms with Crippen LogP contribution in [0.4, 0.5) is 5.69 Å². The average molecular weight is 232 g/mol. The maximum atomic E-state index is 6.43. The molecule has 0 amide bonds. The number of fused-ring (bicyclic) bond motifs is 2. The van der Waals surface area contributed by atoms with Gasteiger partial charge in [0.1, 0.15) is 5.75 Å². The normalized spacial score (nSPS) is 31.1. The van der Waals surface area contributed by atoms with Gasteiger partial charge in [-0.05, 0) is 42.5 Å². The Morgan fingerprint density at radius 2 is 2.12 bits per heavy atom. The van der Waals surface area contributed by atoms with Crippen LogP contribution in [0.5, 0.6) is 5.75 Å². The Bertz CT molecular complexity index is 419. The maximum absolute atomic E-state index is 6.43. The molecule has 0 bridgehead atoms. The van der Waals surface area contributed by atoms with Crippen LogP contribution in [0.15, 0.2) is 18.2 Å². The molecular formula is C14H20N2O. The van der Waals surface area contributed by atoms with Gasteiger partial charge in [-0.15, -0.1) is 0 Å². The van der Waals surface area contributed by atoms with Gasteiger partial charge in [-0.3, -0.25) is 0 Å². The average Bonchev–Trinajstić information content (AvgIpc) is 2.39. The van der Waals surface area contributed by atoms with Crippen LogP contribution in [0.1, 0.15) is 37.3 Å². The van der Waals surface area contributed by atoms with Crippen molar-refractivity contribution in [3.05, 3.63) is 23.8 Å². The van der Waals surface area contributed by atoms with Crippen molar-refractivity contribution < 1.29 is 4.74 Å². The predicted molar refractivity (Wildman–Crippen MR) is 69.3 cm³/mol. The lowest BCUT2D eigenvalue weighted by molar-refractivity contribution is 0.270. The van der Waals surface area contributed by atoms with E-state index in [2.05, 4.69) is 17.4 Å². The summed E-state index contributed by atoms with van der Waals surface area (Å²) in [6.45, 7) is 0. The Morgan fingerprint density at radius 1 is 1.29 bits per heavy atom. The van der Waals surface area contributed by atoms with Crippen molar-refractivity contribution in [3.8, 4) is 5.75 Å². The molecule has 3 nitrogen and oxygen atoms in total. The summed E-state index contributed by atoms with van der Waals surface area (Å²) >= 11 is 0. The van der Waals surface area contributed by atoms with E-state index in [9.17, 15) is 0 Å². The zero-order valence-electron chi connectivity index (χ0n) is 10.3. The predicted octanol–water partition coefficient (Wildman–Crippen LogP) is 2.68. The summed E-state index contributed by atoms with van der Waals surface area (Å²) in [5, 5.41) is 3.65. The SMILES string of the molecule is COc1ccc2c(c1)C(N)C1CCCCC1N2. The molecule has 0 aromatic heterocycles. The molecule has 1 heterocycles. The molecule has 1 fully saturated rings. The molecule has 1 aromatic rings. The molecule has 0 saturated heterocycles. The Hall–Kier alpha value is -1.22. The molecule has 3 rings (SSSR count). The van der Waals surface area contributed by atoms with E-state index >= 15 is 0 Å². The minimum Gasteiger partial charge on any atom is -0.497 e. The number of nitrogens with one attached hydrogen (secondary N) is 1. The van der Waals surface area contributed by atoms with Crippen molar-refractivity contribution in [3.63, 3.8) is 0 Å². The highest BCUT2D eigenvalue weighted by Gasteiger charge is 2.35. The molecule has 1 aliphatic heterocycles. The largest absolute Gasteiger partial charge is 0.497 e. The van der Waals surface area contributed by atoms with Crippen molar-refractivity contribution >= 4 is 5.69 Å². The summed E-state index contributed by atoms with van der Waals surface area (Å²) in [6.07, 6.45) is 5.14. The number of anilines is 1. The Morgan fingerprint density at radius 3 is 2.94 bits per heavy atom. The third-order valence-electron chi connectivity index (χ3n) is 4.24. The Balaban J connectivity index is 1.97. The van der Waals surface area contributed by atoms with Crippen LogP contribution in [0.2, 0.25) is 0 Å². The number of ether oxygens (including phenoxy) is 1. The lowest BCUT2D eigenvalue weighted by Crippen LogP contribution is -2.43. The van der Waals surface area contributed by atoms with Gasteiger partial charge in [-0.25, -0.2) is 0 Å². The van der Waals surface area contributed by atoms with E-state index in [1.165, 1.54) is 36.9 Å². The van der Waals surface area contributed by atoms with Crippen molar-refractivity contribution in [2.24, 2.45) is 11.7 Å². The molecule has 1 aromatic carbocycles. The molecule has 0 radical (unpaired) electrons. The first-order valence-electron chi connectivity index (χ1n) is 6.49. The number of hydrogen-bond donors (Lipinski definition) is 2. The zero-order chi connectivity index (χ0) is 11.8. The van der Waals surface area contributed by atoms with E-state index in [0.29, 0.717) is 12.0 Å². The summed E-state index contributed by atoms with van der Waals surface area (Å²) in [6, 6.07) is 6.91. The number of rotatable bonds is 1. The molecule has 3 heteroatoms. The number of benzene rings is 1. The molecule has 3 unspecified atom stereocenters. The molecule has 2 aliphatic rings. The lowest BCUT2D eigenvalue weighted by atomic mass is 9.75. The van der Waals surface area contributed by atoms with E-state index < -0.39 is 0 Å². The fraction of sp³-hybridized carbons (Fsp3) is 0.571. The number of nitrogens with two attached hydrogens (primary N) is 1. The van der Waals surface area contributed by atoms with Gasteiger partial charge in [0.2, 0.25) is 0 Å². The van der Waals surface area contributed by atoms with Crippen LogP contribution in [0.25, 0.3) is 0 Å². The van der Waals surface area contributed by atoms with Crippen molar-refractivity contribution in [1.29, 1.82) is 0 Å². The first-order valence-corrected chi connectivity index (χ1v) is 6.49. The second kappa shape index (κ2) is 4.22. The zero-order valence-corrected chi connectivity index (χ0v) is 10.3. The van der Waals surface area contributed by atoms with Crippen molar-refractivity contribution in [2.45, 2.75) is 37.8 Å². The van der Waals surface area contributed by atoms with Crippen LogP contribution in [-0.2, 0) is 0 Å². The highest BCUT2D eigenvalue weighted by Crippen LogP contribution is 2.42. The number of hydrogen-bond acceptors (Lipinski definition) is 3. The fourth-order valence-corrected chi connectivity index (χ4v) is 3.27. The van der Waals surface area contributed by atoms with Crippen molar-refractivity contribution in [2.75, 3.05) is 12.4 Å². The fourth-order valence-electron chi connectivity index (χ4n) is 3.27. The van der Waals surface area contributed by atoms with Gasteiger partial charge in [0.25, 0.3) is 0 Å². The quantitative estimate of drug-likeness (QED) is 0.782. The molecule has 1 aliphatic carbocycles. The van der Waals surface area contributed by atoms with Gasteiger partial charge in [0.05, 0.1) is 7.11 Å². The van der Waals surface area contributed by atoms with Crippen molar-refractivity contribution in [1.82, 2.24) is 0 Å². The summed E-state index contributed by atoms with van der Waals surface area (Å²) in [4.78, 5) is 0. The third-order valence-corrected chi connectivity index (χ3v) is 4.24. The van der Waals surface area contributed by atoms with Crippen LogP contribution in [-0.4, -0.2) is 13.2 Å². The minimum absolute atomic E-state index is 0.159. The molecule has 1 saturated carbocycles. The highest BCUT2D eigenvalue weighted by molar-refractivity contribution is 5.58. The van der Waals surface area contributed by atoms with E-state index in [1.54, 1.807) is 7.11 Å². The van der Waals surface area contributed by atoms with Crippen LogP contribution < -0.4 is 15.8 Å². The third kappa shape index (κ3) is 1.78. The van der Waals surface area contributed by atoms with Gasteiger partial charge in [0.15, 0.2) is 0 Å². The van der Waals surface area contributed by atoms with Gasteiger partial charge in [-0.1, -0.05) is 12.8 Å². The summed E-state index contributed by atoms with van der Waals surface area (Å²) < 4.78 is 5.28. The highest BCUT2D eigenvalue weighted by atomic mass is 16.5. The second-order valence-electron chi connectivity index (χ2n) is 5.18. The number of methoxy groups -OCH3 is 1. The molecular weight excluding hydrogens is 212 g/mol. The van der Waals surface area contributed by atoms with Crippen LogP contribution >= 0.6 is 0 Å². The van der Waals surface area contributed by atoms with E-state index in [4.69, 9.17) is 10.5 Å². The Kier molecular flexibility index (Phi) is 2.71. The molecule has 3 atom stereocenters. The standard InChI is InChI=1S/C14H20N2O/c1-17-9-6-7-13-11(8-9)14(15)10-4-2-3-5-12(10)16-13/h6-8,10,12,14,16H,2-5,15H2,1H3. The van der Waals surface area contributed by atoms with E-state index in [-0.39, 0.29) is 6.04 Å². The lowest BCUT2D eigenvalue weighted by Gasteiger charge is -2.42. The van der Waals surface area contributed by atoms with Crippen LogP contribution in [0.3, 0.4) is 0 Å². The summed E-state index contributed by atoms with van der Waals surface area (Å²) in [5.74, 6) is 1.48. The summed E-state index contributed by atoms with van der Waals surface area (Å²) in [5.41, 5.74) is 8.84. The van der Waals surface area contributed by atoms with Gasteiger partial charge >= 0.3 is 0 Å². The summed E-state index contributed by atoms with van der Waals surface area (Å²) in [7, 11) is 1.70. The monoisotopic (exact) mass is 232 g/mol. The smallest absolute Gasteiger partial charge is 0.119 e. The van der Waals surface area contributed by atoms with Gasteiger partial charge < -0.3 is 15.8 Å². The maximum Gasteiger partial charge on any atom is 0.119 e. The Labute approximate surface area is 102 Å². The molecule has 92 valence electrons. The molecule has 0 spiro atoms. The van der Waals surface area contributed by atoms with Gasteiger partial charge in [0, 0.05) is 17.8 Å². The van der Waals surface area contributed by atoms with Gasteiger partial charge in [-0.2, -0.15) is 0 Å². The van der Waals surface area contributed by atoms with E-state index in [1.807, 2.05) is 6.07 Å². The van der Waals surface area contributed by atoms with E-state index in [0.717, 1.165) is 5.75 Å². The van der Waals surface area contributed by atoms with Crippen LogP contribution in [0, 0.1) is 5.92 Å². The molecule has 3 N–H and O–H groups in total. The molecule has 17 heavy (non-hydrogen) atoms. The first kappa shape index (κ1) is 10.9. The first-order chi connectivity index (χ1) is 8.29. The second-order valence-corrected chi connectivity index (χ2v) is 5.18. The minimum atomic E-state index is 0.159.